The van der Waals surface area contributed by atoms with Crippen LogP contribution in [-0.2, 0) is 0 Å². The van der Waals surface area contributed by atoms with Crippen molar-refractivity contribution in [2.24, 2.45) is 0 Å². The van der Waals surface area contributed by atoms with Crippen LogP contribution in [0.15, 0.2) is 29.3 Å². The Morgan fingerprint density at radius 1 is 1.62 bits per heavy atom. The quantitative estimate of drug-likeness (QED) is 0.844. The number of benzene rings is 1. The van der Waals surface area contributed by atoms with Gasteiger partial charge in [0, 0.05) is 9.11 Å². The summed E-state index contributed by atoms with van der Waals surface area (Å²) in [7, 11) is 0. The lowest BCUT2D eigenvalue weighted by Gasteiger charge is -2.09. The molecule has 1 N–H and O–H groups in total. The van der Waals surface area contributed by atoms with Gasteiger partial charge >= 0.3 is 5.97 Å². The van der Waals surface area contributed by atoms with E-state index in [-0.39, 0.29) is 12.2 Å². The number of carboxylic acids is 1. The van der Waals surface area contributed by atoms with E-state index in [1.165, 1.54) is 5.54 Å². The van der Waals surface area contributed by atoms with Crippen molar-refractivity contribution in [3.63, 3.8) is 0 Å². The molecular formula is C11H10ClIO3. The van der Waals surface area contributed by atoms with Gasteiger partial charge in [0.25, 0.3) is 0 Å². The van der Waals surface area contributed by atoms with Crippen LogP contribution in [-0.4, -0.2) is 17.7 Å². The van der Waals surface area contributed by atoms with Crippen LogP contribution in [0, 0.1) is 3.57 Å². The van der Waals surface area contributed by atoms with Gasteiger partial charge in [-0.2, -0.15) is 0 Å². The SMILES string of the molecule is C/C(=C/Cl)COc1ccc(I)cc1C(=O)O. The molecule has 1 aromatic carbocycles. The first kappa shape index (κ1) is 13.3. The van der Waals surface area contributed by atoms with Crippen LogP contribution in [0.4, 0.5) is 0 Å². The number of carboxylic acid groups (broad SMARTS) is 1. The van der Waals surface area contributed by atoms with E-state index in [4.69, 9.17) is 21.4 Å². The molecule has 0 radical (unpaired) electrons. The largest absolute Gasteiger partial charge is 0.488 e. The second-order valence-electron chi connectivity index (χ2n) is 3.19. The smallest absolute Gasteiger partial charge is 0.339 e. The average molecular weight is 353 g/mol. The van der Waals surface area contributed by atoms with Gasteiger partial charge in [-0.15, -0.1) is 0 Å². The average Bonchev–Trinajstić information content (AvgIpc) is 2.26. The maximum atomic E-state index is 11.0. The second-order valence-corrected chi connectivity index (χ2v) is 4.65. The van der Waals surface area contributed by atoms with E-state index < -0.39 is 5.97 Å². The summed E-state index contributed by atoms with van der Waals surface area (Å²) in [6, 6.07) is 5.01. The Bertz CT molecular complexity index is 429. The van der Waals surface area contributed by atoms with Crippen molar-refractivity contribution in [2.75, 3.05) is 6.61 Å². The molecule has 5 heteroatoms. The van der Waals surface area contributed by atoms with Crippen LogP contribution < -0.4 is 4.74 Å². The molecule has 16 heavy (non-hydrogen) atoms. The molecule has 0 aliphatic carbocycles. The summed E-state index contributed by atoms with van der Waals surface area (Å²) in [6.07, 6.45) is 0. The minimum absolute atomic E-state index is 0.161. The zero-order valence-electron chi connectivity index (χ0n) is 8.54. The van der Waals surface area contributed by atoms with E-state index in [1.54, 1.807) is 25.1 Å². The molecule has 0 aromatic heterocycles. The molecule has 1 rings (SSSR count). The zero-order valence-corrected chi connectivity index (χ0v) is 11.4. The fourth-order valence-corrected chi connectivity index (χ4v) is 1.57. The Balaban J connectivity index is 2.91. The number of aromatic carboxylic acids is 1. The molecule has 0 spiro atoms. The van der Waals surface area contributed by atoms with Gasteiger partial charge in [0.15, 0.2) is 0 Å². The van der Waals surface area contributed by atoms with Crippen LogP contribution in [0.5, 0.6) is 5.75 Å². The van der Waals surface area contributed by atoms with E-state index in [9.17, 15) is 4.79 Å². The molecule has 0 fully saturated rings. The van der Waals surface area contributed by atoms with Crippen LogP contribution >= 0.6 is 34.2 Å². The van der Waals surface area contributed by atoms with Gasteiger partial charge < -0.3 is 9.84 Å². The lowest BCUT2D eigenvalue weighted by molar-refractivity contribution is 0.0692. The summed E-state index contributed by atoms with van der Waals surface area (Å²) in [5.74, 6) is -0.646. The maximum absolute atomic E-state index is 11.0. The third-order valence-corrected chi connectivity index (χ3v) is 2.86. The number of hydrogen-bond donors (Lipinski definition) is 1. The van der Waals surface area contributed by atoms with Crippen molar-refractivity contribution in [2.45, 2.75) is 6.92 Å². The van der Waals surface area contributed by atoms with Gasteiger partial charge in [-0.3, -0.25) is 0 Å². The van der Waals surface area contributed by atoms with Crippen molar-refractivity contribution < 1.29 is 14.6 Å². The fourth-order valence-electron chi connectivity index (χ4n) is 1.02. The van der Waals surface area contributed by atoms with Gasteiger partial charge in [0.2, 0.25) is 0 Å². The van der Waals surface area contributed by atoms with Crippen molar-refractivity contribution >= 4 is 40.2 Å². The third kappa shape index (κ3) is 3.68. The Labute approximate surface area is 112 Å². The maximum Gasteiger partial charge on any atom is 0.339 e. The summed E-state index contributed by atoms with van der Waals surface area (Å²) < 4.78 is 6.22. The molecule has 0 bridgehead atoms. The van der Waals surface area contributed by atoms with Gasteiger partial charge in [0.05, 0.1) is 0 Å². The summed E-state index contributed by atoms with van der Waals surface area (Å²) in [6.45, 7) is 2.09. The number of hydrogen-bond acceptors (Lipinski definition) is 2. The van der Waals surface area contributed by atoms with Crippen LogP contribution in [0.25, 0.3) is 0 Å². The number of halogens is 2. The normalized spacial score (nSPS) is 11.3. The van der Waals surface area contributed by atoms with Crippen LogP contribution in [0.2, 0.25) is 0 Å². The summed E-state index contributed by atoms with van der Waals surface area (Å²) >= 11 is 7.54. The first-order chi connectivity index (χ1) is 7.54. The first-order valence-corrected chi connectivity index (χ1v) is 5.97. The zero-order chi connectivity index (χ0) is 12.1. The molecule has 0 aliphatic rings. The second kappa shape index (κ2) is 6.10. The molecule has 0 unspecified atom stereocenters. The van der Waals surface area contributed by atoms with E-state index >= 15 is 0 Å². The van der Waals surface area contributed by atoms with Gasteiger partial charge in [0.1, 0.15) is 17.9 Å². The molecule has 3 nitrogen and oxygen atoms in total. The van der Waals surface area contributed by atoms with Gasteiger partial charge in [-0.1, -0.05) is 11.6 Å². The van der Waals surface area contributed by atoms with Crippen molar-refractivity contribution in [1.82, 2.24) is 0 Å². The van der Waals surface area contributed by atoms with E-state index in [0.717, 1.165) is 9.14 Å². The molecule has 1 aromatic rings. The molecule has 0 saturated carbocycles. The molecule has 0 saturated heterocycles. The van der Waals surface area contributed by atoms with Gasteiger partial charge in [-0.25, -0.2) is 4.79 Å². The molecule has 0 atom stereocenters. The van der Waals surface area contributed by atoms with Crippen molar-refractivity contribution in [1.29, 1.82) is 0 Å². The predicted octanol–water partition coefficient (Wildman–Crippen LogP) is 3.51. The number of rotatable bonds is 4. The molecule has 0 aliphatic heterocycles. The Hall–Kier alpha value is -0.750. The third-order valence-electron chi connectivity index (χ3n) is 1.81. The molecule has 0 heterocycles. The van der Waals surface area contributed by atoms with Crippen LogP contribution in [0.1, 0.15) is 17.3 Å². The lowest BCUT2D eigenvalue weighted by Crippen LogP contribution is -2.05. The first-order valence-electron chi connectivity index (χ1n) is 4.46. The summed E-state index contributed by atoms with van der Waals surface area (Å²) in [5.41, 5.74) is 2.40. The van der Waals surface area contributed by atoms with Crippen LogP contribution in [0.3, 0.4) is 0 Å². The highest BCUT2D eigenvalue weighted by molar-refractivity contribution is 14.1. The van der Waals surface area contributed by atoms with E-state index in [0.29, 0.717) is 5.75 Å². The minimum atomic E-state index is -0.999. The van der Waals surface area contributed by atoms with Gasteiger partial charge in [-0.05, 0) is 53.3 Å². The summed E-state index contributed by atoms with van der Waals surface area (Å²) in [4.78, 5) is 11.0. The summed E-state index contributed by atoms with van der Waals surface area (Å²) in [5, 5.41) is 8.99. The van der Waals surface area contributed by atoms with E-state index in [2.05, 4.69) is 22.6 Å². The van der Waals surface area contributed by atoms with Crippen molar-refractivity contribution in [3.8, 4) is 5.75 Å². The fraction of sp³-hybridized carbons (Fsp3) is 0.182. The highest BCUT2D eigenvalue weighted by atomic mass is 127. The Morgan fingerprint density at radius 2 is 2.31 bits per heavy atom. The highest BCUT2D eigenvalue weighted by Gasteiger charge is 2.11. The lowest BCUT2D eigenvalue weighted by atomic mass is 10.2. The minimum Gasteiger partial charge on any atom is -0.488 e. The Kier molecular flexibility index (Phi) is 5.08. The molecule has 0 amide bonds. The van der Waals surface area contributed by atoms with E-state index in [1.807, 2.05) is 0 Å². The Morgan fingerprint density at radius 3 is 2.88 bits per heavy atom. The number of carbonyl (C=O) groups is 1. The topological polar surface area (TPSA) is 46.5 Å². The highest BCUT2D eigenvalue weighted by Crippen LogP contribution is 2.21. The predicted molar refractivity (Wildman–Crippen MR) is 71.2 cm³/mol. The standard InChI is InChI=1S/C11H10ClIO3/c1-7(5-12)6-16-10-3-2-8(13)4-9(10)11(14)15/h2-5H,6H2,1H3,(H,14,15)/b7-5-. The monoisotopic (exact) mass is 352 g/mol. The molecule has 86 valence electrons. The van der Waals surface area contributed by atoms with Crippen molar-refractivity contribution in [3.05, 3.63) is 38.4 Å². The molecular weight excluding hydrogens is 342 g/mol. The number of ether oxygens (including phenoxy) is 1.